The van der Waals surface area contributed by atoms with Crippen LogP contribution in [0.2, 0.25) is 5.02 Å². The number of rotatable bonds is 2. The Morgan fingerprint density at radius 1 is 1.53 bits per heavy atom. The minimum absolute atomic E-state index is 0.0329. The van der Waals surface area contributed by atoms with Crippen LogP contribution in [0.25, 0.3) is 0 Å². The molecular formula is C10H11ClN2O4S2. The highest BCUT2D eigenvalue weighted by Gasteiger charge is 2.44. The smallest absolute Gasteiger partial charge is 0.284 e. The maximum atomic E-state index is 11.5. The molecule has 1 aliphatic rings. The van der Waals surface area contributed by atoms with Gasteiger partial charge in [0.1, 0.15) is 4.90 Å². The Labute approximate surface area is 119 Å². The number of benzene rings is 1. The molecule has 1 atom stereocenters. The Kier molecular flexibility index (Phi) is 3.56. The largest absolute Gasteiger partial charge is 0.366 e. The number of sulfonamides is 1. The van der Waals surface area contributed by atoms with Crippen molar-refractivity contribution in [2.75, 3.05) is 12.8 Å². The van der Waals surface area contributed by atoms with Crippen molar-refractivity contribution in [1.82, 2.24) is 4.90 Å². The van der Waals surface area contributed by atoms with Gasteiger partial charge in [-0.25, -0.2) is 13.6 Å². The summed E-state index contributed by atoms with van der Waals surface area (Å²) < 4.78 is 22.8. The molecule has 19 heavy (non-hydrogen) atoms. The number of hydrogen-bond acceptors (Lipinski definition) is 5. The van der Waals surface area contributed by atoms with Gasteiger partial charge in [0, 0.05) is 12.6 Å². The number of carbonyl (C=O) groups is 1. The van der Waals surface area contributed by atoms with E-state index in [4.69, 9.17) is 16.7 Å². The number of hydrogen-bond donors (Lipinski definition) is 2. The molecule has 1 saturated heterocycles. The van der Waals surface area contributed by atoms with Crippen LogP contribution in [-0.2, 0) is 15.7 Å². The van der Waals surface area contributed by atoms with Crippen LogP contribution in [0.5, 0.6) is 0 Å². The van der Waals surface area contributed by atoms with E-state index in [1.54, 1.807) is 0 Å². The van der Waals surface area contributed by atoms with E-state index in [0.717, 1.165) is 16.7 Å². The van der Waals surface area contributed by atoms with Crippen molar-refractivity contribution in [3.05, 3.63) is 28.8 Å². The van der Waals surface area contributed by atoms with E-state index in [1.165, 1.54) is 25.2 Å². The number of halogens is 1. The first-order chi connectivity index (χ1) is 8.66. The second-order valence-corrected chi connectivity index (χ2v) is 6.98. The molecule has 1 aromatic rings. The van der Waals surface area contributed by atoms with Gasteiger partial charge in [-0.3, -0.25) is 4.79 Å². The lowest BCUT2D eigenvalue weighted by molar-refractivity contribution is -0.0430. The first-order valence-corrected chi connectivity index (χ1v) is 8.03. The Bertz CT molecular complexity index is 649. The molecule has 1 heterocycles. The standard InChI is InChI=1S/C10H11ClN2O4S2/c1-13-9(14)18-5-10(13,15)6-2-3-7(11)8(4-6)19(12,16)17/h2-4,15H,5H2,1H3,(H2,12,16,17). The fourth-order valence-corrected chi connectivity index (χ4v) is 3.86. The molecule has 104 valence electrons. The predicted molar refractivity (Wildman–Crippen MR) is 72.3 cm³/mol. The third-order valence-corrected chi connectivity index (χ3v) is 5.39. The minimum Gasteiger partial charge on any atom is -0.366 e. The third-order valence-electron chi connectivity index (χ3n) is 2.93. The topological polar surface area (TPSA) is 101 Å². The van der Waals surface area contributed by atoms with Crippen molar-refractivity contribution in [1.29, 1.82) is 0 Å². The number of thioether (sulfide) groups is 1. The Morgan fingerprint density at radius 2 is 2.16 bits per heavy atom. The van der Waals surface area contributed by atoms with Crippen LogP contribution in [-0.4, -0.2) is 36.5 Å². The first kappa shape index (κ1) is 14.6. The molecule has 0 spiro atoms. The fourth-order valence-electron chi connectivity index (χ4n) is 1.75. The van der Waals surface area contributed by atoms with Gasteiger partial charge in [-0.05, 0) is 12.1 Å². The molecule has 1 aromatic carbocycles. The molecular weight excluding hydrogens is 312 g/mol. The maximum Gasteiger partial charge on any atom is 0.284 e. The van der Waals surface area contributed by atoms with Gasteiger partial charge in [0.2, 0.25) is 10.0 Å². The number of nitrogens with two attached hydrogens (primary N) is 1. The van der Waals surface area contributed by atoms with Crippen LogP contribution in [0.4, 0.5) is 4.79 Å². The SMILES string of the molecule is CN1C(=O)SCC1(O)c1ccc(Cl)c(S(N)(=O)=O)c1. The van der Waals surface area contributed by atoms with Crippen LogP contribution in [0.15, 0.2) is 23.1 Å². The van der Waals surface area contributed by atoms with E-state index in [1.807, 2.05) is 0 Å². The molecule has 0 aliphatic carbocycles. The molecule has 1 amide bonds. The van der Waals surface area contributed by atoms with Crippen LogP contribution >= 0.6 is 23.4 Å². The molecule has 1 aliphatic heterocycles. The van der Waals surface area contributed by atoms with Gasteiger partial charge in [0.15, 0.2) is 5.72 Å². The number of carbonyl (C=O) groups excluding carboxylic acids is 1. The molecule has 2 rings (SSSR count). The van der Waals surface area contributed by atoms with Crippen molar-refractivity contribution < 1.29 is 18.3 Å². The van der Waals surface area contributed by atoms with Crippen LogP contribution in [0.3, 0.4) is 0 Å². The number of amides is 1. The highest BCUT2D eigenvalue weighted by Crippen LogP contribution is 2.38. The molecule has 1 unspecified atom stereocenters. The van der Waals surface area contributed by atoms with Gasteiger partial charge in [0.25, 0.3) is 5.24 Å². The lowest BCUT2D eigenvalue weighted by Crippen LogP contribution is -2.42. The summed E-state index contributed by atoms with van der Waals surface area (Å²) in [5.74, 6) is 0.105. The Morgan fingerprint density at radius 3 is 2.63 bits per heavy atom. The number of nitrogens with zero attached hydrogens (tertiary/aromatic N) is 1. The third kappa shape index (κ3) is 2.46. The highest BCUT2D eigenvalue weighted by atomic mass is 35.5. The van der Waals surface area contributed by atoms with Crippen molar-refractivity contribution >= 4 is 38.6 Å². The van der Waals surface area contributed by atoms with Crippen LogP contribution in [0, 0.1) is 0 Å². The zero-order valence-electron chi connectivity index (χ0n) is 9.83. The Balaban J connectivity index is 2.57. The Hall–Kier alpha value is -0.800. The van der Waals surface area contributed by atoms with E-state index >= 15 is 0 Å². The molecule has 1 fully saturated rings. The molecule has 0 bridgehead atoms. The van der Waals surface area contributed by atoms with Crippen molar-refractivity contribution in [2.24, 2.45) is 5.14 Å². The van der Waals surface area contributed by atoms with Gasteiger partial charge in [-0.1, -0.05) is 29.4 Å². The quantitative estimate of drug-likeness (QED) is 0.843. The van der Waals surface area contributed by atoms with E-state index in [0.29, 0.717) is 0 Å². The molecule has 0 aromatic heterocycles. The monoisotopic (exact) mass is 322 g/mol. The number of aliphatic hydroxyl groups is 1. The summed E-state index contributed by atoms with van der Waals surface area (Å²) in [5, 5.41) is 15.2. The zero-order chi connectivity index (χ0) is 14.4. The molecule has 0 radical (unpaired) electrons. The lowest BCUT2D eigenvalue weighted by Gasteiger charge is -2.30. The van der Waals surface area contributed by atoms with Gasteiger partial charge in [-0.2, -0.15) is 0 Å². The summed E-state index contributed by atoms with van der Waals surface area (Å²) in [7, 11) is -2.56. The minimum atomic E-state index is -4.00. The summed E-state index contributed by atoms with van der Waals surface area (Å²) in [6.45, 7) is 0. The van der Waals surface area contributed by atoms with Crippen molar-refractivity contribution in [3.8, 4) is 0 Å². The molecule has 6 nitrogen and oxygen atoms in total. The second-order valence-electron chi connectivity index (χ2n) is 4.12. The number of primary sulfonamides is 1. The van der Waals surface area contributed by atoms with Gasteiger partial charge in [0.05, 0.1) is 10.8 Å². The predicted octanol–water partition coefficient (Wildman–Crippen LogP) is 0.931. The average Bonchev–Trinajstić information content (AvgIpc) is 2.57. The molecule has 9 heteroatoms. The summed E-state index contributed by atoms with van der Waals surface area (Å²) in [5.41, 5.74) is -1.31. The molecule has 3 N–H and O–H groups in total. The summed E-state index contributed by atoms with van der Waals surface area (Å²) in [6, 6.07) is 3.98. The van der Waals surface area contributed by atoms with Crippen LogP contribution < -0.4 is 5.14 Å². The second kappa shape index (κ2) is 4.64. The van der Waals surface area contributed by atoms with Crippen LogP contribution in [0.1, 0.15) is 5.56 Å². The van der Waals surface area contributed by atoms with Gasteiger partial charge < -0.3 is 10.0 Å². The maximum absolute atomic E-state index is 11.5. The molecule has 0 saturated carbocycles. The highest BCUT2D eigenvalue weighted by molar-refractivity contribution is 8.13. The summed E-state index contributed by atoms with van der Waals surface area (Å²) in [4.78, 5) is 12.3. The van der Waals surface area contributed by atoms with Gasteiger partial charge in [-0.15, -0.1) is 0 Å². The van der Waals surface area contributed by atoms with Crippen molar-refractivity contribution in [2.45, 2.75) is 10.6 Å². The van der Waals surface area contributed by atoms with Gasteiger partial charge >= 0.3 is 0 Å². The lowest BCUT2D eigenvalue weighted by atomic mass is 10.0. The van der Waals surface area contributed by atoms with E-state index in [2.05, 4.69) is 0 Å². The summed E-state index contributed by atoms with van der Waals surface area (Å²) >= 11 is 6.72. The fraction of sp³-hybridized carbons (Fsp3) is 0.300. The first-order valence-electron chi connectivity index (χ1n) is 5.12. The van der Waals surface area contributed by atoms with E-state index < -0.39 is 15.7 Å². The van der Waals surface area contributed by atoms with Crippen molar-refractivity contribution in [3.63, 3.8) is 0 Å². The summed E-state index contributed by atoms with van der Waals surface area (Å²) in [6.07, 6.45) is 0. The zero-order valence-corrected chi connectivity index (χ0v) is 12.2. The van der Waals surface area contributed by atoms with E-state index in [-0.39, 0.29) is 26.5 Å². The van der Waals surface area contributed by atoms with E-state index in [9.17, 15) is 18.3 Å². The average molecular weight is 323 g/mol. The normalized spacial score (nSPS) is 24.0.